The van der Waals surface area contributed by atoms with Gasteiger partial charge in [-0.25, -0.2) is 4.98 Å². The largest absolute Gasteiger partial charge is 0.496 e. The van der Waals surface area contributed by atoms with Crippen molar-refractivity contribution in [2.75, 3.05) is 12.4 Å². The highest BCUT2D eigenvalue weighted by atomic mass is 16.5. The second kappa shape index (κ2) is 9.30. The summed E-state index contributed by atoms with van der Waals surface area (Å²) < 4.78 is 12.9. The smallest absolute Gasteiger partial charge is 0.238 e. The second-order valence-corrected chi connectivity index (χ2v) is 7.18. The fourth-order valence-corrected chi connectivity index (χ4v) is 3.18. The number of imidazole rings is 1. The standard InChI is InChI=1S/C24H23N5O3/c1-16-17(2)29(15-25-16)22-12-13-24(28-27-22)32-20-10-8-19(9-11-20)26-23(30)14-18-6-4-5-7-21(18)31-3/h4-13,15H,14H2,1-3H3,(H,26,30). The van der Waals surface area contributed by atoms with Gasteiger partial charge in [-0.2, -0.15) is 0 Å². The Balaban J connectivity index is 1.36. The zero-order valence-corrected chi connectivity index (χ0v) is 18.1. The first-order valence-corrected chi connectivity index (χ1v) is 10.1. The molecule has 8 nitrogen and oxygen atoms in total. The number of benzene rings is 2. The van der Waals surface area contributed by atoms with E-state index in [9.17, 15) is 4.79 Å². The molecule has 8 heteroatoms. The molecule has 2 heterocycles. The summed E-state index contributed by atoms with van der Waals surface area (Å²) in [6, 6.07) is 18.1. The highest BCUT2D eigenvalue weighted by molar-refractivity contribution is 5.92. The van der Waals surface area contributed by atoms with Crippen LogP contribution in [-0.4, -0.2) is 32.8 Å². The van der Waals surface area contributed by atoms with Crippen LogP contribution >= 0.6 is 0 Å². The molecule has 0 bridgehead atoms. The molecule has 4 aromatic rings. The third kappa shape index (κ3) is 4.75. The number of hydrogen-bond acceptors (Lipinski definition) is 6. The molecule has 162 valence electrons. The summed E-state index contributed by atoms with van der Waals surface area (Å²) >= 11 is 0. The highest BCUT2D eigenvalue weighted by Gasteiger charge is 2.10. The van der Waals surface area contributed by atoms with Crippen LogP contribution in [0.4, 0.5) is 5.69 Å². The number of ether oxygens (including phenoxy) is 2. The minimum Gasteiger partial charge on any atom is -0.496 e. The van der Waals surface area contributed by atoms with E-state index in [1.807, 2.05) is 48.7 Å². The molecule has 4 rings (SSSR count). The summed E-state index contributed by atoms with van der Waals surface area (Å²) in [5.41, 5.74) is 3.46. The van der Waals surface area contributed by atoms with Crippen molar-refractivity contribution < 1.29 is 14.3 Å². The van der Waals surface area contributed by atoms with Gasteiger partial charge < -0.3 is 14.8 Å². The average molecular weight is 429 g/mol. The molecule has 0 aliphatic rings. The van der Waals surface area contributed by atoms with Crippen LogP contribution in [0.25, 0.3) is 5.82 Å². The van der Waals surface area contributed by atoms with Crippen molar-refractivity contribution in [1.82, 2.24) is 19.7 Å². The molecule has 1 amide bonds. The third-order valence-electron chi connectivity index (χ3n) is 5.03. The number of aryl methyl sites for hydroxylation is 1. The van der Waals surface area contributed by atoms with Crippen molar-refractivity contribution in [2.45, 2.75) is 20.3 Å². The molecule has 0 atom stereocenters. The Hall–Kier alpha value is -4.20. The number of para-hydroxylation sites is 1. The topological polar surface area (TPSA) is 91.2 Å². The molecule has 32 heavy (non-hydrogen) atoms. The van der Waals surface area contributed by atoms with E-state index in [0.717, 1.165) is 17.0 Å². The number of nitrogens with one attached hydrogen (secondary N) is 1. The van der Waals surface area contributed by atoms with E-state index in [2.05, 4.69) is 20.5 Å². The maximum Gasteiger partial charge on any atom is 0.238 e. The maximum absolute atomic E-state index is 12.4. The van der Waals surface area contributed by atoms with Crippen LogP contribution in [0.2, 0.25) is 0 Å². The summed E-state index contributed by atoms with van der Waals surface area (Å²) in [7, 11) is 1.59. The van der Waals surface area contributed by atoms with Crippen LogP contribution in [0, 0.1) is 13.8 Å². The summed E-state index contributed by atoms with van der Waals surface area (Å²) in [6.07, 6.45) is 1.94. The van der Waals surface area contributed by atoms with E-state index in [0.29, 0.717) is 28.9 Å². The van der Waals surface area contributed by atoms with Gasteiger partial charge in [0.2, 0.25) is 11.8 Å². The fraction of sp³-hybridized carbons (Fsp3) is 0.167. The first-order valence-electron chi connectivity index (χ1n) is 10.1. The Labute approximate surface area is 185 Å². The molecule has 0 spiro atoms. The normalized spacial score (nSPS) is 10.6. The van der Waals surface area contributed by atoms with Crippen LogP contribution in [0.5, 0.6) is 17.4 Å². The van der Waals surface area contributed by atoms with Gasteiger partial charge in [0.25, 0.3) is 0 Å². The van der Waals surface area contributed by atoms with Crippen LogP contribution in [-0.2, 0) is 11.2 Å². The first-order chi connectivity index (χ1) is 15.5. The molecule has 0 aliphatic heterocycles. The van der Waals surface area contributed by atoms with E-state index >= 15 is 0 Å². The number of aromatic nitrogens is 4. The number of nitrogens with zero attached hydrogens (tertiary/aromatic N) is 4. The van der Waals surface area contributed by atoms with E-state index < -0.39 is 0 Å². The number of carbonyl (C=O) groups is 1. The summed E-state index contributed by atoms with van der Waals surface area (Å²) in [4.78, 5) is 16.6. The molecule has 1 N–H and O–H groups in total. The van der Waals surface area contributed by atoms with Gasteiger partial charge in [0, 0.05) is 23.0 Å². The van der Waals surface area contributed by atoms with E-state index in [1.54, 1.807) is 43.8 Å². The molecule has 2 aromatic heterocycles. The fourth-order valence-electron chi connectivity index (χ4n) is 3.18. The first kappa shape index (κ1) is 21.0. The van der Waals surface area contributed by atoms with Gasteiger partial charge in [-0.1, -0.05) is 18.2 Å². The van der Waals surface area contributed by atoms with Crippen LogP contribution in [0.1, 0.15) is 17.0 Å². The Morgan fingerprint density at radius 1 is 1.00 bits per heavy atom. The van der Waals surface area contributed by atoms with Crippen molar-refractivity contribution in [2.24, 2.45) is 0 Å². The van der Waals surface area contributed by atoms with Crippen molar-refractivity contribution >= 4 is 11.6 Å². The van der Waals surface area contributed by atoms with Crippen molar-refractivity contribution in [1.29, 1.82) is 0 Å². The lowest BCUT2D eigenvalue weighted by Crippen LogP contribution is -2.14. The average Bonchev–Trinajstić information content (AvgIpc) is 3.14. The van der Waals surface area contributed by atoms with Crippen molar-refractivity contribution in [3.8, 4) is 23.2 Å². The second-order valence-electron chi connectivity index (χ2n) is 7.18. The Bertz CT molecular complexity index is 1220. The molecular formula is C24H23N5O3. The molecule has 0 saturated carbocycles. The highest BCUT2D eigenvalue weighted by Crippen LogP contribution is 2.23. The van der Waals surface area contributed by atoms with Gasteiger partial charge in [-0.15, -0.1) is 10.2 Å². The molecule has 0 aliphatic carbocycles. The van der Waals surface area contributed by atoms with Crippen molar-refractivity contribution in [3.05, 3.63) is 83.9 Å². The monoisotopic (exact) mass is 429 g/mol. The number of hydrogen-bond donors (Lipinski definition) is 1. The van der Waals surface area contributed by atoms with E-state index in [4.69, 9.17) is 9.47 Å². The lowest BCUT2D eigenvalue weighted by molar-refractivity contribution is -0.115. The Morgan fingerprint density at radius 3 is 2.44 bits per heavy atom. The predicted octanol–water partition coefficient (Wildman–Crippen LogP) is 4.26. The lowest BCUT2D eigenvalue weighted by atomic mass is 10.1. The number of carbonyl (C=O) groups excluding carboxylic acids is 1. The quantitative estimate of drug-likeness (QED) is 0.472. The maximum atomic E-state index is 12.4. The van der Waals surface area contributed by atoms with Gasteiger partial charge in [0.15, 0.2) is 5.82 Å². The summed E-state index contributed by atoms with van der Waals surface area (Å²) in [5.74, 6) is 2.19. The molecule has 0 saturated heterocycles. The minimum absolute atomic E-state index is 0.130. The molecular weight excluding hydrogens is 406 g/mol. The Morgan fingerprint density at radius 2 is 1.78 bits per heavy atom. The number of anilines is 1. The zero-order chi connectivity index (χ0) is 22.5. The Kier molecular flexibility index (Phi) is 6.12. The lowest BCUT2D eigenvalue weighted by Gasteiger charge is -2.10. The van der Waals surface area contributed by atoms with Crippen LogP contribution in [0.15, 0.2) is 67.0 Å². The van der Waals surface area contributed by atoms with Crippen molar-refractivity contribution in [3.63, 3.8) is 0 Å². The SMILES string of the molecule is COc1ccccc1CC(=O)Nc1ccc(Oc2ccc(-n3cnc(C)c3C)nn2)cc1. The van der Waals surface area contributed by atoms with Gasteiger partial charge >= 0.3 is 0 Å². The van der Waals surface area contributed by atoms with Gasteiger partial charge in [0.05, 0.1) is 19.2 Å². The third-order valence-corrected chi connectivity index (χ3v) is 5.03. The molecule has 0 unspecified atom stereocenters. The van der Waals surface area contributed by atoms with Gasteiger partial charge in [0.1, 0.15) is 17.8 Å². The minimum atomic E-state index is -0.130. The van der Waals surface area contributed by atoms with E-state index in [-0.39, 0.29) is 12.3 Å². The molecule has 2 aromatic carbocycles. The van der Waals surface area contributed by atoms with Crippen LogP contribution < -0.4 is 14.8 Å². The molecule has 0 radical (unpaired) electrons. The van der Waals surface area contributed by atoms with Gasteiger partial charge in [-0.05, 0) is 50.2 Å². The van der Waals surface area contributed by atoms with Gasteiger partial charge in [-0.3, -0.25) is 9.36 Å². The number of rotatable bonds is 7. The molecule has 0 fully saturated rings. The van der Waals surface area contributed by atoms with E-state index in [1.165, 1.54) is 0 Å². The number of amides is 1. The summed E-state index contributed by atoms with van der Waals surface area (Å²) in [5, 5.41) is 11.2. The zero-order valence-electron chi connectivity index (χ0n) is 18.1. The van der Waals surface area contributed by atoms with Crippen LogP contribution in [0.3, 0.4) is 0 Å². The summed E-state index contributed by atoms with van der Waals surface area (Å²) in [6.45, 7) is 3.92. The predicted molar refractivity (Wildman–Crippen MR) is 120 cm³/mol. The number of methoxy groups -OCH3 is 1.